The molecule has 0 radical (unpaired) electrons. The standard InChI is InChI=1S/C36H69NO9/c1-3-5-7-9-11-13-14-15-16-17-19-20-22-24-29(39)28(27-45-36-34(43)33(42)32(41)31(26-38)46-36)37-35(44)30(40)25-23-21-18-12-10-8-6-4-2/h18,21,28-34,36,38-43H,3-17,19-20,22-27H2,1-2H3,(H,37,44)/b21-18-. The second-order valence-corrected chi connectivity index (χ2v) is 13.2. The first-order valence-electron chi connectivity index (χ1n) is 18.5. The molecule has 1 rings (SSSR count). The normalized spacial score (nSPS) is 23.9. The predicted molar refractivity (Wildman–Crippen MR) is 181 cm³/mol. The molecule has 10 heteroatoms. The first-order valence-corrected chi connectivity index (χ1v) is 18.5. The Morgan fingerprint density at radius 2 is 1.24 bits per heavy atom. The lowest BCUT2D eigenvalue weighted by molar-refractivity contribution is -0.302. The van der Waals surface area contributed by atoms with Crippen LogP contribution >= 0.6 is 0 Å². The van der Waals surface area contributed by atoms with Gasteiger partial charge in [-0.05, 0) is 32.1 Å². The Hall–Kier alpha value is -1.11. The predicted octanol–water partition coefficient (Wildman–Crippen LogP) is 4.80. The van der Waals surface area contributed by atoms with Crippen LogP contribution in [0.15, 0.2) is 12.2 Å². The largest absolute Gasteiger partial charge is 0.394 e. The summed E-state index contributed by atoms with van der Waals surface area (Å²) in [6.45, 7) is 3.56. The summed E-state index contributed by atoms with van der Waals surface area (Å²) < 4.78 is 11.1. The molecular weight excluding hydrogens is 590 g/mol. The van der Waals surface area contributed by atoms with Crippen molar-refractivity contribution in [3.63, 3.8) is 0 Å². The van der Waals surface area contributed by atoms with Crippen LogP contribution in [0.3, 0.4) is 0 Å². The molecule has 0 saturated carbocycles. The van der Waals surface area contributed by atoms with Crippen molar-refractivity contribution < 1.29 is 44.9 Å². The van der Waals surface area contributed by atoms with E-state index in [-0.39, 0.29) is 13.0 Å². The van der Waals surface area contributed by atoms with Crippen LogP contribution in [0.1, 0.15) is 149 Å². The van der Waals surface area contributed by atoms with Gasteiger partial charge in [-0.15, -0.1) is 0 Å². The van der Waals surface area contributed by atoms with E-state index in [0.717, 1.165) is 38.5 Å². The number of ether oxygens (including phenoxy) is 2. The molecule has 10 nitrogen and oxygen atoms in total. The van der Waals surface area contributed by atoms with Crippen molar-refractivity contribution in [3.8, 4) is 0 Å². The van der Waals surface area contributed by atoms with Gasteiger partial charge < -0.3 is 45.4 Å². The number of aliphatic hydroxyl groups excluding tert-OH is 6. The molecule has 1 fully saturated rings. The minimum Gasteiger partial charge on any atom is -0.394 e. The molecule has 8 atom stereocenters. The fraction of sp³-hybridized carbons (Fsp3) is 0.917. The van der Waals surface area contributed by atoms with E-state index < -0.39 is 61.5 Å². The Kier molecular flexibility index (Phi) is 25.9. The van der Waals surface area contributed by atoms with Crippen LogP contribution in [0.5, 0.6) is 0 Å². The van der Waals surface area contributed by atoms with Crippen molar-refractivity contribution in [2.24, 2.45) is 0 Å². The third-order valence-corrected chi connectivity index (χ3v) is 8.98. The number of allylic oxidation sites excluding steroid dienone is 2. The van der Waals surface area contributed by atoms with Gasteiger partial charge in [-0.25, -0.2) is 0 Å². The summed E-state index contributed by atoms with van der Waals surface area (Å²) in [6.07, 6.45) is 17.2. The van der Waals surface area contributed by atoms with Crippen molar-refractivity contribution in [3.05, 3.63) is 12.2 Å². The van der Waals surface area contributed by atoms with Crippen LogP contribution in [0, 0.1) is 0 Å². The maximum Gasteiger partial charge on any atom is 0.249 e. The van der Waals surface area contributed by atoms with E-state index in [9.17, 15) is 35.4 Å². The van der Waals surface area contributed by atoms with Crippen LogP contribution in [0.2, 0.25) is 0 Å². The van der Waals surface area contributed by atoms with Crippen molar-refractivity contribution >= 4 is 5.91 Å². The molecule has 0 aliphatic carbocycles. The molecule has 46 heavy (non-hydrogen) atoms. The number of rotatable bonds is 29. The Morgan fingerprint density at radius 3 is 1.80 bits per heavy atom. The molecule has 0 aromatic rings. The van der Waals surface area contributed by atoms with Crippen LogP contribution in [0.25, 0.3) is 0 Å². The van der Waals surface area contributed by atoms with E-state index in [1.807, 2.05) is 6.08 Å². The molecule has 1 saturated heterocycles. The quantitative estimate of drug-likeness (QED) is 0.0441. The molecule has 0 spiro atoms. The molecule has 272 valence electrons. The summed E-state index contributed by atoms with van der Waals surface area (Å²) >= 11 is 0. The molecular formula is C36H69NO9. The van der Waals surface area contributed by atoms with Gasteiger partial charge >= 0.3 is 0 Å². The number of unbranched alkanes of at least 4 members (excludes halogenated alkanes) is 16. The van der Waals surface area contributed by atoms with Crippen molar-refractivity contribution in [2.75, 3.05) is 13.2 Å². The van der Waals surface area contributed by atoms with E-state index in [1.165, 1.54) is 77.0 Å². The van der Waals surface area contributed by atoms with Gasteiger partial charge in [0.1, 0.15) is 30.5 Å². The molecule has 8 unspecified atom stereocenters. The summed E-state index contributed by atoms with van der Waals surface area (Å²) in [5.74, 6) is -0.622. The molecule has 0 aromatic carbocycles. The highest BCUT2D eigenvalue weighted by molar-refractivity contribution is 5.80. The van der Waals surface area contributed by atoms with E-state index in [1.54, 1.807) is 0 Å². The van der Waals surface area contributed by atoms with Gasteiger partial charge in [0.25, 0.3) is 0 Å². The Balaban J connectivity index is 2.53. The highest BCUT2D eigenvalue weighted by Crippen LogP contribution is 2.23. The molecule has 1 heterocycles. The maximum absolute atomic E-state index is 12.9. The number of carbonyl (C=O) groups is 1. The van der Waals surface area contributed by atoms with Crippen LogP contribution in [-0.2, 0) is 14.3 Å². The van der Waals surface area contributed by atoms with Gasteiger partial charge in [0.2, 0.25) is 5.91 Å². The fourth-order valence-corrected chi connectivity index (χ4v) is 5.81. The first-order chi connectivity index (χ1) is 22.3. The zero-order chi connectivity index (χ0) is 34.0. The van der Waals surface area contributed by atoms with E-state index in [4.69, 9.17) is 9.47 Å². The second kappa shape index (κ2) is 27.8. The van der Waals surface area contributed by atoms with Crippen molar-refractivity contribution in [1.29, 1.82) is 0 Å². The molecule has 7 N–H and O–H groups in total. The SMILES string of the molecule is CCCCCC/C=C\CCC(O)C(=O)NC(COC1OC(CO)C(O)C(O)C1O)C(O)CCCCCCCCCCCCCCC. The second-order valence-electron chi connectivity index (χ2n) is 13.2. The molecule has 1 amide bonds. The monoisotopic (exact) mass is 659 g/mol. The van der Waals surface area contributed by atoms with Crippen LogP contribution in [-0.4, -0.2) is 98.7 Å². The number of carbonyl (C=O) groups excluding carboxylic acids is 1. The summed E-state index contributed by atoms with van der Waals surface area (Å²) in [5.41, 5.74) is 0. The highest BCUT2D eigenvalue weighted by atomic mass is 16.7. The lowest BCUT2D eigenvalue weighted by Gasteiger charge is -2.40. The summed E-state index contributed by atoms with van der Waals surface area (Å²) in [6, 6.07) is -0.902. The Labute approximate surface area is 279 Å². The van der Waals surface area contributed by atoms with Gasteiger partial charge in [0.15, 0.2) is 6.29 Å². The zero-order valence-corrected chi connectivity index (χ0v) is 28.9. The van der Waals surface area contributed by atoms with Crippen LogP contribution in [0.4, 0.5) is 0 Å². The Morgan fingerprint density at radius 1 is 0.717 bits per heavy atom. The highest BCUT2D eigenvalue weighted by Gasteiger charge is 2.44. The average Bonchev–Trinajstić information content (AvgIpc) is 3.05. The van der Waals surface area contributed by atoms with E-state index in [2.05, 4.69) is 25.2 Å². The van der Waals surface area contributed by atoms with Gasteiger partial charge in [-0.2, -0.15) is 0 Å². The number of hydrogen-bond acceptors (Lipinski definition) is 9. The molecule has 0 aromatic heterocycles. The van der Waals surface area contributed by atoms with Gasteiger partial charge in [-0.3, -0.25) is 4.79 Å². The third-order valence-electron chi connectivity index (χ3n) is 8.98. The minimum atomic E-state index is -1.60. The molecule has 1 aliphatic rings. The zero-order valence-electron chi connectivity index (χ0n) is 28.9. The lowest BCUT2D eigenvalue weighted by atomic mass is 9.99. The summed E-state index contributed by atoms with van der Waals surface area (Å²) in [7, 11) is 0. The number of aliphatic hydroxyl groups is 6. The smallest absolute Gasteiger partial charge is 0.249 e. The van der Waals surface area contributed by atoms with Crippen molar-refractivity contribution in [2.45, 2.75) is 198 Å². The van der Waals surface area contributed by atoms with Gasteiger partial charge in [-0.1, -0.05) is 129 Å². The lowest BCUT2D eigenvalue weighted by Crippen LogP contribution is -2.60. The molecule has 0 bridgehead atoms. The topological polar surface area (TPSA) is 169 Å². The third kappa shape index (κ3) is 19.0. The Bertz CT molecular complexity index is 753. The summed E-state index contributed by atoms with van der Waals surface area (Å²) in [4.78, 5) is 12.9. The average molecular weight is 660 g/mol. The van der Waals surface area contributed by atoms with Crippen molar-refractivity contribution in [1.82, 2.24) is 5.32 Å². The van der Waals surface area contributed by atoms with Crippen LogP contribution < -0.4 is 5.32 Å². The molecule has 1 aliphatic heterocycles. The van der Waals surface area contributed by atoms with Gasteiger partial charge in [0, 0.05) is 0 Å². The number of nitrogens with one attached hydrogen (secondary N) is 1. The van der Waals surface area contributed by atoms with E-state index >= 15 is 0 Å². The summed E-state index contributed by atoms with van der Waals surface area (Å²) in [5, 5.41) is 64.2. The number of amides is 1. The first kappa shape index (κ1) is 42.9. The fourth-order valence-electron chi connectivity index (χ4n) is 5.81. The minimum absolute atomic E-state index is 0.243. The number of hydrogen-bond donors (Lipinski definition) is 7. The van der Waals surface area contributed by atoms with Gasteiger partial charge in [0.05, 0.1) is 25.4 Å². The maximum atomic E-state index is 12.9. The van der Waals surface area contributed by atoms with E-state index in [0.29, 0.717) is 12.8 Å².